The molecule has 1 heterocycles. The van der Waals surface area contributed by atoms with Gasteiger partial charge in [0.25, 0.3) is 0 Å². The monoisotopic (exact) mass is 468 g/mol. The number of nitrogens with one attached hydrogen (secondary N) is 1. The molecule has 2 aliphatic carbocycles. The first-order valence-corrected chi connectivity index (χ1v) is 14.1. The number of rotatable bonds is 9. The summed E-state index contributed by atoms with van der Waals surface area (Å²) in [5.74, 6) is 2.52. The molecule has 2 N–H and O–H groups in total. The van der Waals surface area contributed by atoms with Crippen LogP contribution >= 0.6 is 11.8 Å². The predicted molar refractivity (Wildman–Crippen MR) is 138 cm³/mol. The summed E-state index contributed by atoms with van der Waals surface area (Å²) in [5.41, 5.74) is 2.97. The molecule has 1 aromatic heterocycles. The Morgan fingerprint density at radius 2 is 1.45 bits per heavy atom. The Kier molecular flexibility index (Phi) is 8.88. The standard InChI is InChI=1S/C27H40N4OS/c1-3-11-20-17-22(18-21(12-4-2)24(20)32)28-26-29-25(19-13-7-5-8-14-19)30-27(31-26)33-23-15-9-6-10-16-23/h17-19,23,32H,3-16H2,1-2H3,(H,28,29,30,31). The number of thioether (sulfide) groups is 1. The molecule has 0 atom stereocenters. The van der Waals surface area contributed by atoms with E-state index in [4.69, 9.17) is 15.0 Å². The van der Waals surface area contributed by atoms with Gasteiger partial charge in [-0.2, -0.15) is 9.97 Å². The van der Waals surface area contributed by atoms with Crippen molar-refractivity contribution in [3.63, 3.8) is 0 Å². The van der Waals surface area contributed by atoms with Crippen molar-refractivity contribution in [3.05, 3.63) is 29.1 Å². The number of hydrogen-bond acceptors (Lipinski definition) is 6. The molecule has 0 saturated heterocycles. The third kappa shape index (κ3) is 6.62. The molecule has 0 aliphatic heterocycles. The molecular formula is C27H40N4OS. The largest absolute Gasteiger partial charge is 0.507 e. The summed E-state index contributed by atoms with van der Waals surface area (Å²) in [6.45, 7) is 4.30. The first-order chi connectivity index (χ1) is 16.2. The highest BCUT2D eigenvalue weighted by molar-refractivity contribution is 7.99. The van der Waals surface area contributed by atoms with Crippen LogP contribution in [0.5, 0.6) is 5.75 Å². The number of nitrogens with zero attached hydrogens (tertiary/aromatic N) is 3. The highest BCUT2D eigenvalue weighted by Crippen LogP contribution is 2.36. The Labute approximate surface area is 203 Å². The number of aromatic nitrogens is 3. The van der Waals surface area contributed by atoms with E-state index in [2.05, 4.69) is 31.3 Å². The van der Waals surface area contributed by atoms with Crippen LogP contribution in [-0.4, -0.2) is 25.3 Å². The highest BCUT2D eigenvalue weighted by atomic mass is 32.2. The molecule has 0 spiro atoms. The number of phenols is 1. The van der Waals surface area contributed by atoms with Gasteiger partial charge < -0.3 is 10.4 Å². The Hall–Kier alpha value is -1.82. The molecule has 5 nitrogen and oxygen atoms in total. The molecule has 0 unspecified atom stereocenters. The van der Waals surface area contributed by atoms with Crippen molar-refractivity contribution in [2.75, 3.05) is 5.32 Å². The Morgan fingerprint density at radius 1 is 0.848 bits per heavy atom. The van der Waals surface area contributed by atoms with Crippen molar-refractivity contribution in [3.8, 4) is 5.75 Å². The van der Waals surface area contributed by atoms with Crippen LogP contribution < -0.4 is 5.32 Å². The molecule has 0 amide bonds. The van der Waals surface area contributed by atoms with Crippen LogP contribution in [0.15, 0.2) is 17.3 Å². The van der Waals surface area contributed by atoms with Gasteiger partial charge in [-0.05, 0) is 61.8 Å². The molecule has 2 saturated carbocycles. The smallest absolute Gasteiger partial charge is 0.231 e. The summed E-state index contributed by atoms with van der Waals surface area (Å²) < 4.78 is 0. The molecule has 33 heavy (non-hydrogen) atoms. The van der Waals surface area contributed by atoms with Gasteiger partial charge in [0.2, 0.25) is 5.95 Å². The van der Waals surface area contributed by atoms with E-state index in [1.807, 2.05) is 11.8 Å². The third-order valence-corrected chi connectivity index (χ3v) is 8.19. The average molecular weight is 469 g/mol. The van der Waals surface area contributed by atoms with Crippen LogP contribution in [0.4, 0.5) is 11.6 Å². The lowest BCUT2D eigenvalue weighted by molar-refractivity contribution is 0.425. The van der Waals surface area contributed by atoms with Crippen molar-refractivity contribution in [2.45, 2.75) is 120 Å². The average Bonchev–Trinajstić information content (AvgIpc) is 2.83. The fourth-order valence-corrected chi connectivity index (χ4v) is 6.39. The van der Waals surface area contributed by atoms with Gasteiger partial charge in [0.1, 0.15) is 11.6 Å². The van der Waals surface area contributed by atoms with E-state index >= 15 is 0 Å². The summed E-state index contributed by atoms with van der Waals surface area (Å²) in [4.78, 5) is 14.7. The van der Waals surface area contributed by atoms with Gasteiger partial charge in [0.15, 0.2) is 5.16 Å². The topological polar surface area (TPSA) is 70.9 Å². The second-order valence-corrected chi connectivity index (χ2v) is 11.0. The number of aromatic hydroxyl groups is 1. The minimum absolute atomic E-state index is 0.444. The van der Waals surface area contributed by atoms with Crippen LogP contribution in [-0.2, 0) is 12.8 Å². The molecule has 180 valence electrons. The number of benzene rings is 1. The van der Waals surface area contributed by atoms with E-state index in [9.17, 15) is 5.11 Å². The first-order valence-electron chi connectivity index (χ1n) is 13.2. The number of anilines is 2. The van der Waals surface area contributed by atoms with Crippen LogP contribution in [0.2, 0.25) is 0 Å². The second kappa shape index (κ2) is 12.0. The van der Waals surface area contributed by atoms with Gasteiger partial charge in [-0.3, -0.25) is 0 Å². The maximum atomic E-state index is 10.7. The van der Waals surface area contributed by atoms with E-state index in [0.717, 1.165) is 53.5 Å². The minimum Gasteiger partial charge on any atom is -0.507 e. The zero-order valence-corrected chi connectivity index (χ0v) is 21.2. The maximum Gasteiger partial charge on any atom is 0.231 e. The predicted octanol–water partition coefficient (Wildman–Crippen LogP) is 7.70. The zero-order chi connectivity index (χ0) is 23.0. The van der Waals surface area contributed by atoms with Gasteiger partial charge in [-0.25, -0.2) is 4.98 Å². The first kappa shape index (κ1) is 24.3. The van der Waals surface area contributed by atoms with Gasteiger partial charge in [-0.15, -0.1) is 0 Å². The van der Waals surface area contributed by atoms with Gasteiger partial charge >= 0.3 is 0 Å². The molecule has 2 fully saturated rings. The van der Waals surface area contributed by atoms with E-state index in [-0.39, 0.29) is 0 Å². The van der Waals surface area contributed by atoms with Crippen molar-refractivity contribution >= 4 is 23.4 Å². The molecule has 2 aliphatic rings. The SMILES string of the molecule is CCCc1cc(Nc2nc(SC3CCCCC3)nc(C3CCCCC3)n2)cc(CCC)c1O. The number of aryl methyl sites for hydroxylation is 2. The summed E-state index contributed by atoms with van der Waals surface area (Å²) in [6, 6.07) is 4.13. The van der Waals surface area contributed by atoms with Crippen LogP contribution in [0.3, 0.4) is 0 Å². The van der Waals surface area contributed by atoms with Gasteiger partial charge in [0.05, 0.1) is 0 Å². The van der Waals surface area contributed by atoms with Crippen LogP contribution in [0, 0.1) is 0 Å². The summed E-state index contributed by atoms with van der Waals surface area (Å²) >= 11 is 1.85. The lowest BCUT2D eigenvalue weighted by Crippen LogP contribution is -2.14. The minimum atomic E-state index is 0.444. The van der Waals surface area contributed by atoms with Crippen molar-refractivity contribution in [2.24, 2.45) is 0 Å². The molecule has 0 bridgehead atoms. The van der Waals surface area contributed by atoms with Crippen LogP contribution in [0.25, 0.3) is 0 Å². The van der Waals surface area contributed by atoms with Gasteiger partial charge in [-0.1, -0.05) is 77.0 Å². The second-order valence-electron chi connectivity index (χ2n) is 9.78. The Balaban J connectivity index is 1.63. The molecule has 2 aromatic rings. The quantitative estimate of drug-likeness (QED) is 0.367. The Morgan fingerprint density at radius 3 is 2.06 bits per heavy atom. The van der Waals surface area contributed by atoms with Crippen molar-refractivity contribution in [1.29, 1.82) is 0 Å². The fraction of sp³-hybridized carbons (Fsp3) is 0.667. The fourth-order valence-electron chi connectivity index (χ4n) is 5.24. The van der Waals surface area contributed by atoms with Gasteiger partial charge in [0, 0.05) is 16.9 Å². The summed E-state index contributed by atoms with van der Waals surface area (Å²) in [7, 11) is 0. The van der Waals surface area contributed by atoms with E-state index in [0.29, 0.717) is 22.9 Å². The Bertz CT molecular complexity index is 880. The third-order valence-electron chi connectivity index (χ3n) is 6.99. The molecule has 1 aromatic carbocycles. The molecular weight excluding hydrogens is 428 g/mol. The lowest BCUT2D eigenvalue weighted by Gasteiger charge is -2.23. The van der Waals surface area contributed by atoms with Crippen LogP contribution in [0.1, 0.15) is 114 Å². The molecule has 4 rings (SSSR count). The van der Waals surface area contributed by atoms with E-state index in [1.54, 1.807) is 0 Å². The van der Waals surface area contributed by atoms with Crippen molar-refractivity contribution in [1.82, 2.24) is 15.0 Å². The number of phenolic OH excluding ortho intramolecular Hbond substituents is 1. The summed E-state index contributed by atoms with van der Waals surface area (Å²) in [5, 5.41) is 15.7. The molecule has 0 radical (unpaired) electrons. The van der Waals surface area contributed by atoms with E-state index in [1.165, 1.54) is 64.2 Å². The molecule has 6 heteroatoms. The highest BCUT2D eigenvalue weighted by Gasteiger charge is 2.23. The summed E-state index contributed by atoms with van der Waals surface area (Å²) in [6.07, 6.45) is 16.5. The van der Waals surface area contributed by atoms with E-state index < -0.39 is 0 Å². The lowest BCUT2D eigenvalue weighted by atomic mass is 9.89. The zero-order valence-electron chi connectivity index (χ0n) is 20.4. The maximum absolute atomic E-state index is 10.7. The van der Waals surface area contributed by atoms with Crippen molar-refractivity contribution < 1.29 is 5.11 Å². The number of hydrogen-bond donors (Lipinski definition) is 2. The normalized spacial score (nSPS) is 17.9.